The minimum atomic E-state index is -3.75. The van der Waals surface area contributed by atoms with Crippen LogP contribution in [0.4, 0.5) is 5.69 Å². The second kappa shape index (κ2) is 9.50. The molecule has 0 radical (unpaired) electrons. The van der Waals surface area contributed by atoms with Gasteiger partial charge < -0.3 is 15.0 Å². The molecule has 2 atom stereocenters. The number of benzene rings is 2. The Hall–Kier alpha value is -2.68. The topological polar surface area (TPSA) is 103 Å². The van der Waals surface area contributed by atoms with Gasteiger partial charge in [-0.2, -0.15) is 0 Å². The zero-order valence-electron chi connectivity index (χ0n) is 16.0. The molecule has 0 aromatic heterocycles. The Bertz CT molecular complexity index is 909. The predicted molar refractivity (Wildman–Crippen MR) is 109 cm³/mol. The van der Waals surface area contributed by atoms with Crippen LogP contribution in [-0.2, 0) is 21.4 Å². The maximum Gasteiger partial charge on any atom is 0.282 e. The fourth-order valence-electron chi connectivity index (χ4n) is 2.54. The molecule has 0 saturated heterocycles. The number of rotatable bonds is 9. The Labute approximate surface area is 165 Å². The van der Waals surface area contributed by atoms with E-state index in [1.807, 2.05) is 38.2 Å². The number of hydrogen-bond donors (Lipinski definition) is 3. The average molecular weight is 405 g/mol. The van der Waals surface area contributed by atoms with Crippen molar-refractivity contribution in [3.8, 4) is 5.75 Å². The first-order valence-corrected chi connectivity index (χ1v) is 10.3. The monoisotopic (exact) mass is 404 g/mol. The van der Waals surface area contributed by atoms with Gasteiger partial charge in [0.25, 0.3) is 5.91 Å². The summed E-state index contributed by atoms with van der Waals surface area (Å²) in [6.07, 6.45) is 1.69. The highest BCUT2D eigenvalue weighted by molar-refractivity contribution is 7.89. The molecule has 0 aliphatic carbocycles. The number of ether oxygens (including phenoxy) is 1. The fourth-order valence-corrected chi connectivity index (χ4v) is 3.05. The van der Waals surface area contributed by atoms with Crippen molar-refractivity contribution in [3.05, 3.63) is 66.7 Å². The molecule has 4 N–H and O–H groups in total. The fraction of sp³-hybridized carbons (Fsp3) is 0.250. The number of quaternary nitrogens is 1. The van der Waals surface area contributed by atoms with Gasteiger partial charge in [-0.3, -0.25) is 4.79 Å². The number of nitrogens with two attached hydrogens (primary N) is 1. The van der Waals surface area contributed by atoms with Gasteiger partial charge in [-0.1, -0.05) is 12.7 Å². The predicted octanol–water partition coefficient (Wildman–Crippen LogP) is 0.941. The summed E-state index contributed by atoms with van der Waals surface area (Å²) in [6, 6.07) is 13.2. The molecule has 0 aliphatic rings. The minimum Gasteiger partial charge on any atom is -0.490 e. The van der Waals surface area contributed by atoms with E-state index in [1.54, 1.807) is 6.08 Å². The second-order valence-corrected chi connectivity index (χ2v) is 8.11. The van der Waals surface area contributed by atoms with Crippen LogP contribution in [0.15, 0.2) is 66.1 Å². The first-order valence-electron chi connectivity index (χ1n) is 8.79. The van der Waals surface area contributed by atoms with Gasteiger partial charge in [-0.05, 0) is 55.5 Å². The van der Waals surface area contributed by atoms with E-state index in [4.69, 9.17) is 9.88 Å². The largest absolute Gasteiger partial charge is 0.490 e. The summed E-state index contributed by atoms with van der Waals surface area (Å²) in [6.45, 7) is 6.58. The molecule has 150 valence electrons. The van der Waals surface area contributed by atoms with Crippen LogP contribution in [0.1, 0.15) is 12.5 Å². The van der Waals surface area contributed by atoms with Gasteiger partial charge in [-0.15, -0.1) is 0 Å². The highest BCUT2D eigenvalue weighted by Crippen LogP contribution is 2.13. The third kappa shape index (κ3) is 6.19. The standard InChI is InChI=1S/C20H25N3O4S/c1-4-13-27-18-9-5-16(6-10-18)14-23(3)15(2)20(24)22-17-7-11-19(12-8-17)28(21,25)26/h4-12,15H,1,13-14H2,2-3H3,(H,22,24)(H2,21,25,26)/p+1/t15-/m1/s1. The van der Waals surface area contributed by atoms with Crippen molar-refractivity contribution in [2.75, 3.05) is 19.0 Å². The Balaban J connectivity index is 1.93. The molecule has 2 rings (SSSR count). The lowest BCUT2D eigenvalue weighted by Gasteiger charge is -2.21. The number of nitrogens with one attached hydrogen (secondary N) is 2. The molecule has 1 unspecified atom stereocenters. The lowest BCUT2D eigenvalue weighted by atomic mass is 10.1. The van der Waals surface area contributed by atoms with Crippen LogP contribution >= 0.6 is 0 Å². The third-order valence-corrected chi connectivity index (χ3v) is 5.29. The van der Waals surface area contributed by atoms with Crippen molar-refractivity contribution >= 4 is 21.6 Å². The van der Waals surface area contributed by atoms with E-state index in [-0.39, 0.29) is 16.8 Å². The zero-order chi connectivity index (χ0) is 20.7. The Morgan fingerprint density at radius 3 is 2.36 bits per heavy atom. The number of hydrogen-bond acceptors (Lipinski definition) is 4. The summed E-state index contributed by atoms with van der Waals surface area (Å²) in [5.74, 6) is 0.613. The highest BCUT2D eigenvalue weighted by Gasteiger charge is 2.22. The molecule has 1 amide bonds. The maximum absolute atomic E-state index is 12.5. The van der Waals surface area contributed by atoms with Crippen LogP contribution in [0, 0.1) is 0 Å². The van der Waals surface area contributed by atoms with Gasteiger partial charge in [0, 0.05) is 11.3 Å². The highest BCUT2D eigenvalue weighted by atomic mass is 32.2. The van der Waals surface area contributed by atoms with Crippen molar-refractivity contribution in [2.24, 2.45) is 5.14 Å². The van der Waals surface area contributed by atoms with E-state index >= 15 is 0 Å². The molecule has 0 spiro atoms. The number of sulfonamides is 1. The van der Waals surface area contributed by atoms with E-state index in [1.165, 1.54) is 24.3 Å². The van der Waals surface area contributed by atoms with Gasteiger partial charge >= 0.3 is 0 Å². The lowest BCUT2D eigenvalue weighted by Crippen LogP contribution is -3.12. The molecule has 0 aliphatic heterocycles. The summed E-state index contributed by atoms with van der Waals surface area (Å²) in [5.41, 5.74) is 1.60. The molecule has 0 fully saturated rings. The van der Waals surface area contributed by atoms with Crippen LogP contribution in [-0.4, -0.2) is 34.0 Å². The van der Waals surface area contributed by atoms with E-state index in [0.717, 1.165) is 16.2 Å². The molecular formula is C20H26N3O4S+. The summed E-state index contributed by atoms with van der Waals surface area (Å²) in [4.78, 5) is 13.5. The minimum absolute atomic E-state index is 0.00167. The number of primary sulfonamides is 1. The van der Waals surface area contributed by atoms with Crippen molar-refractivity contribution in [1.29, 1.82) is 0 Å². The van der Waals surface area contributed by atoms with E-state index < -0.39 is 10.0 Å². The first kappa shape index (κ1) is 21.6. The lowest BCUT2D eigenvalue weighted by molar-refractivity contribution is -0.907. The Kier molecular flexibility index (Phi) is 7.33. The van der Waals surface area contributed by atoms with Crippen LogP contribution < -0.4 is 20.1 Å². The molecule has 2 aromatic rings. The molecular weight excluding hydrogens is 378 g/mol. The average Bonchev–Trinajstić information content (AvgIpc) is 2.66. The van der Waals surface area contributed by atoms with Crippen molar-refractivity contribution in [1.82, 2.24) is 0 Å². The van der Waals surface area contributed by atoms with Crippen molar-refractivity contribution in [3.63, 3.8) is 0 Å². The quantitative estimate of drug-likeness (QED) is 0.541. The third-order valence-electron chi connectivity index (χ3n) is 4.36. The normalized spacial score (nSPS) is 13.4. The number of carbonyl (C=O) groups excluding carboxylic acids is 1. The van der Waals surface area contributed by atoms with E-state index in [0.29, 0.717) is 18.8 Å². The number of likely N-dealkylation sites (N-methyl/N-ethyl adjacent to an activating group) is 1. The molecule has 28 heavy (non-hydrogen) atoms. The molecule has 0 heterocycles. The first-order chi connectivity index (χ1) is 13.2. The summed E-state index contributed by atoms with van der Waals surface area (Å²) in [7, 11) is -1.81. The number of amides is 1. The molecule has 7 nitrogen and oxygen atoms in total. The molecule has 2 aromatic carbocycles. The van der Waals surface area contributed by atoms with Gasteiger partial charge in [0.15, 0.2) is 6.04 Å². The Morgan fingerprint density at radius 2 is 1.82 bits per heavy atom. The SMILES string of the molecule is C=CCOc1ccc(C[NH+](C)[C@H](C)C(=O)Nc2ccc(S(N)(=O)=O)cc2)cc1. The van der Waals surface area contributed by atoms with Crippen molar-refractivity contribution < 1.29 is 22.8 Å². The zero-order valence-corrected chi connectivity index (χ0v) is 16.8. The van der Waals surface area contributed by atoms with E-state index in [2.05, 4.69) is 11.9 Å². The number of anilines is 1. The van der Waals surface area contributed by atoms with Crippen molar-refractivity contribution in [2.45, 2.75) is 24.4 Å². The summed E-state index contributed by atoms with van der Waals surface area (Å²) >= 11 is 0. The van der Waals surface area contributed by atoms with Crippen LogP contribution in [0.25, 0.3) is 0 Å². The van der Waals surface area contributed by atoms with Crippen LogP contribution in [0.5, 0.6) is 5.75 Å². The molecule has 8 heteroatoms. The second-order valence-electron chi connectivity index (χ2n) is 6.55. The van der Waals surface area contributed by atoms with Gasteiger partial charge in [0.2, 0.25) is 10.0 Å². The van der Waals surface area contributed by atoms with Gasteiger partial charge in [0.1, 0.15) is 18.9 Å². The summed E-state index contributed by atoms with van der Waals surface area (Å²) in [5, 5.41) is 7.87. The van der Waals surface area contributed by atoms with Gasteiger partial charge in [0.05, 0.1) is 11.9 Å². The van der Waals surface area contributed by atoms with Crippen LogP contribution in [0.3, 0.4) is 0 Å². The molecule has 0 bridgehead atoms. The Morgan fingerprint density at radius 1 is 1.21 bits per heavy atom. The summed E-state index contributed by atoms with van der Waals surface area (Å²) < 4.78 is 28.0. The number of carbonyl (C=O) groups is 1. The van der Waals surface area contributed by atoms with Crippen LogP contribution in [0.2, 0.25) is 0 Å². The van der Waals surface area contributed by atoms with E-state index in [9.17, 15) is 13.2 Å². The van der Waals surface area contributed by atoms with Gasteiger partial charge in [-0.25, -0.2) is 13.6 Å². The molecule has 0 saturated carbocycles. The maximum atomic E-state index is 12.5. The smallest absolute Gasteiger partial charge is 0.282 e.